The first-order chi connectivity index (χ1) is 9.51. The number of carbonyl (C=O) groups excluding carboxylic acids is 1. The van der Waals surface area contributed by atoms with Crippen molar-refractivity contribution in [2.24, 2.45) is 0 Å². The summed E-state index contributed by atoms with van der Waals surface area (Å²) >= 11 is 0. The summed E-state index contributed by atoms with van der Waals surface area (Å²) in [5, 5.41) is 9.37. The van der Waals surface area contributed by atoms with Crippen molar-refractivity contribution in [3.05, 3.63) is 35.6 Å². The van der Waals surface area contributed by atoms with Gasteiger partial charge in [0.05, 0.1) is 0 Å². The van der Waals surface area contributed by atoms with E-state index in [0.29, 0.717) is 19.3 Å². The molecule has 108 valence electrons. The van der Waals surface area contributed by atoms with Gasteiger partial charge < -0.3 is 10.0 Å². The Kier molecular flexibility index (Phi) is 4.37. The summed E-state index contributed by atoms with van der Waals surface area (Å²) in [6.07, 6.45) is 0.604. The molecule has 1 heterocycles. The molecule has 0 bridgehead atoms. The second kappa shape index (κ2) is 6.03. The molecule has 0 saturated carbocycles. The molecule has 2 rings (SSSR count). The maximum absolute atomic E-state index is 12.9. The van der Waals surface area contributed by atoms with Crippen LogP contribution >= 0.6 is 0 Å². The van der Waals surface area contributed by atoms with E-state index in [1.807, 2.05) is 6.92 Å². The lowest BCUT2D eigenvalue weighted by Gasteiger charge is -2.39. The average molecular weight is 279 g/mol. The fraction of sp³-hybridized carbons (Fsp3) is 0.467. The summed E-state index contributed by atoms with van der Waals surface area (Å²) in [5.41, 5.74) is 0.840. The van der Waals surface area contributed by atoms with E-state index in [0.717, 1.165) is 5.56 Å². The first-order valence-electron chi connectivity index (χ1n) is 6.78. The van der Waals surface area contributed by atoms with E-state index in [9.17, 15) is 19.1 Å². The lowest BCUT2D eigenvalue weighted by Crippen LogP contribution is -2.52. The fourth-order valence-electron chi connectivity index (χ4n) is 2.82. The fourth-order valence-corrected chi connectivity index (χ4v) is 2.82. The van der Waals surface area contributed by atoms with Gasteiger partial charge in [-0.15, -0.1) is 0 Å². The maximum atomic E-state index is 12.9. The van der Waals surface area contributed by atoms with Gasteiger partial charge in [-0.25, -0.2) is 9.18 Å². The molecule has 0 aliphatic carbocycles. The Morgan fingerprint density at radius 3 is 2.45 bits per heavy atom. The number of likely N-dealkylation sites (tertiary alicyclic amines) is 1. The first-order valence-corrected chi connectivity index (χ1v) is 6.78. The SMILES string of the molecule is CCC1CC(=O)CC(Cc2ccc(F)cc2)N1C(=O)O. The van der Waals surface area contributed by atoms with Crippen LogP contribution in [0, 0.1) is 5.82 Å². The summed E-state index contributed by atoms with van der Waals surface area (Å²) in [6.45, 7) is 1.88. The minimum atomic E-state index is -0.989. The molecule has 20 heavy (non-hydrogen) atoms. The van der Waals surface area contributed by atoms with Gasteiger partial charge in [0.2, 0.25) is 0 Å². The second-order valence-electron chi connectivity index (χ2n) is 5.18. The minimum Gasteiger partial charge on any atom is -0.465 e. The summed E-state index contributed by atoms with van der Waals surface area (Å²) in [5.74, 6) is -0.226. The highest BCUT2D eigenvalue weighted by Gasteiger charge is 2.36. The Bertz CT molecular complexity index is 500. The van der Waals surface area contributed by atoms with Crippen molar-refractivity contribution in [3.8, 4) is 0 Å². The lowest BCUT2D eigenvalue weighted by atomic mass is 9.90. The first kappa shape index (κ1) is 14.5. The van der Waals surface area contributed by atoms with Crippen molar-refractivity contribution in [3.63, 3.8) is 0 Å². The Morgan fingerprint density at radius 2 is 1.90 bits per heavy atom. The van der Waals surface area contributed by atoms with Crippen molar-refractivity contribution in [1.29, 1.82) is 0 Å². The molecule has 4 nitrogen and oxygen atoms in total. The van der Waals surface area contributed by atoms with Gasteiger partial charge in [0.1, 0.15) is 11.6 Å². The number of Topliss-reactive ketones (excluding diaryl/α,β-unsaturated/α-hetero) is 1. The number of amides is 1. The smallest absolute Gasteiger partial charge is 0.407 e. The third-order valence-electron chi connectivity index (χ3n) is 3.79. The molecule has 1 N–H and O–H groups in total. The van der Waals surface area contributed by atoms with Crippen LogP contribution in [0.4, 0.5) is 9.18 Å². The molecule has 5 heteroatoms. The molecule has 1 fully saturated rings. The summed E-state index contributed by atoms with van der Waals surface area (Å²) in [4.78, 5) is 24.6. The number of nitrogens with zero attached hydrogens (tertiary/aromatic N) is 1. The Hall–Kier alpha value is -1.91. The summed E-state index contributed by atoms with van der Waals surface area (Å²) in [6, 6.07) is 5.36. The number of rotatable bonds is 3. The van der Waals surface area contributed by atoms with E-state index in [2.05, 4.69) is 0 Å². The highest BCUT2D eigenvalue weighted by molar-refractivity contribution is 5.82. The van der Waals surface area contributed by atoms with Crippen molar-refractivity contribution in [2.75, 3.05) is 0 Å². The van der Waals surface area contributed by atoms with Crippen LogP contribution in [0.2, 0.25) is 0 Å². The number of carboxylic acid groups (broad SMARTS) is 1. The van der Waals surface area contributed by atoms with Gasteiger partial charge >= 0.3 is 6.09 Å². The largest absolute Gasteiger partial charge is 0.465 e. The van der Waals surface area contributed by atoms with Gasteiger partial charge in [-0.1, -0.05) is 19.1 Å². The van der Waals surface area contributed by atoms with Crippen LogP contribution in [0.3, 0.4) is 0 Å². The number of hydrogen-bond donors (Lipinski definition) is 1. The summed E-state index contributed by atoms with van der Waals surface area (Å²) in [7, 11) is 0. The van der Waals surface area contributed by atoms with E-state index in [-0.39, 0.29) is 30.1 Å². The molecule has 1 aliphatic heterocycles. The number of hydrogen-bond acceptors (Lipinski definition) is 2. The second-order valence-corrected chi connectivity index (χ2v) is 5.18. The van der Waals surface area contributed by atoms with Gasteiger partial charge in [0.25, 0.3) is 0 Å². The Labute approximate surface area is 117 Å². The molecule has 1 aromatic carbocycles. The summed E-state index contributed by atoms with van der Waals surface area (Å²) < 4.78 is 12.9. The van der Waals surface area contributed by atoms with E-state index < -0.39 is 6.09 Å². The molecule has 0 spiro atoms. The van der Waals surface area contributed by atoms with Crippen LogP contribution < -0.4 is 0 Å². The maximum Gasteiger partial charge on any atom is 0.407 e. The third kappa shape index (κ3) is 3.15. The van der Waals surface area contributed by atoms with Crippen LogP contribution in [-0.2, 0) is 11.2 Å². The van der Waals surface area contributed by atoms with Gasteiger partial charge in [-0.05, 0) is 30.5 Å². The number of halogens is 1. The Balaban J connectivity index is 2.19. The monoisotopic (exact) mass is 279 g/mol. The Morgan fingerprint density at radius 1 is 1.30 bits per heavy atom. The topological polar surface area (TPSA) is 57.6 Å². The highest BCUT2D eigenvalue weighted by atomic mass is 19.1. The van der Waals surface area contributed by atoms with E-state index >= 15 is 0 Å². The lowest BCUT2D eigenvalue weighted by molar-refractivity contribution is -0.124. The number of benzene rings is 1. The molecular formula is C15H18FNO3. The van der Waals surface area contributed by atoms with E-state index in [4.69, 9.17) is 0 Å². The van der Waals surface area contributed by atoms with E-state index in [1.165, 1.54) is 17.0 Å². The number of carbonyl (C=O) groups is 2. The predicted octanol–water partition coefficient (Wildman–Crippen LogP) is 2.86. The molecule has 0 radical (unpaired) electrons. The van der Waals surface area contributed by atoms with Crippen LogP contribution in [0.15, 0.2) is 24.3 Å². The zero-order chi connectivity index (χ0) is 14.7. The van der Waals surface area contributed by atoms with Crippen molar-refractivity contribution in [2.45, 2.75) is 44.7 Å². The third-order valence-corrected chi connectivity index (χ3v) is 3.79. The van der Waals surface area contributed by atoms with E-state index in [1.54, 1.807) is 12.1 Å². The average Bonchev–Trinajstić information content (AvgIpc) is 2.40. The van der Waals surface area contributed by atoms with Crippen LogP contribution in [0.1, 0.15) is 31.7 Å². The number of ketones is 1. The van der Waals surface area contributed by atoms with Crippen molar-refractivity contribution >= 4 is 11.9 Å². The molecule has 1 amide bonds. The van der Waals surface area contributed by atoms with Crippen LogP contribution in [0.25, 0.3) is 0 Å². The number of piperidine rings is 1. The zero-order valence-corrected chi connectivity index (χ0v) is 11.4. The molecule has 2 atom stereocenters. The molecular weight excluding hydrogens is 261 g/mol. The van der Waals surface area contributed by atoms with Gasteiger partial charge in [0.15, 0.2) is 0 Å². The van der Waals surface area contributed by atoms with Gasteiger partial charge in [-0.3, -0.25) is 4.79 Å². The normalized spacial score (nSPS) is 22.9. The highest BCUT2D eigenvalue weighted by Crippen LogP contribution is 2.25. The van der Waals surface area contributed by atoms with Crippen molar-refractivity contribution in [1.82, 2.24) is 4.90 Å². The molecule has 2 unspecified atom stereocenters. The van der Waals surface area contributed by atoms with Crippen molar-refractivity contribution < 1.29 is 19.1 Å². The molecule has 1 aromatic rings. The predicted molar refractivity (Wildman–Crippen MR) is 72.1 cm³/mol. The van der Waals surface area contributed by atoms with Crippen LogP contribution in [0.5, 0.6) is 0 Å². The minimum absolute atomic E-state index is 0.0986. The molecule has 1 aliphatic rings. The quantitative estimate of drug-likeness (QED) is 0.925. The van der Waals surface area contributed by atoms with Crippen LogP contribution in [-0.4, -0.2) is 34.0 Å². The van der Waals surface area contributed by atoms with Gasteiger partial charge in [-0.2, -0.15) is 0 Å². The standard InChI is InChI=1S/C15H18FNO3/c1-2-12-8-14(18)9-13(17(12)15(19)20)7-10-3-5-11(16)6-4-10/h3-6,12-13H,2,7-9H2,1H3,(H,19,20). The molecule has 1 saturated heterocycles. The van der Waals surface area contributed by atoms with Gasteiger partial charge in [0, 0.05) is 24.9 Å². The zero-order valence-electron chi connectivity index (χ0n) is 11.4. The molecule has 0 aromatic heterocycles.